The summed E-state index contributed by atoms with van der Waals surface area (Å²) in [5, 5.41) is 3.05. The van der Waals surface area contributed by atoms with Crippen LogP contribution in [0.2, 0.25) is 0 Å². The highest BCUT2D eigenvalue weighted by Gasteiger charge is 2.41. The fourth-order valence-corrected chi connectivity index (χ4v) is 2.90. The van der Waals surface area contributed by atoms with Crippen LogP contribution >= 0.6 is 24.0 Å². The first kappa shape index (κ1) is 23.9. The Morgan fingerprint density at radius 2 is 1.81 bits per heavy atom. The zero-order chi connectivity index (χ0) is 19.3. The number of piperazine rings is 1. The molecule has 0 saturated carbocycles. The standard InChI is InChI=1S/C17H23F5N4.HI/c1-12(17(20,21)22)25-7-9-26(10-8-25)16(23-2)24-6-5-13-11-14(18)3-4-15(13)19;/h3-4,11-12H,5-10H2,1-2H3,(H,23,24);1H. The van der Waals surface area contributed by atoms with E-state index in [4.69, 9.17) is 0 Å². The van der Waals surface area contributed by atoms with E-state index in [-0.39, 0.29) is 49.1 Å². The molecule has 4 nitrogen and oxygen atoms in total. The number of aliphatic imine (C=N–C) groups is 1. The second kappa shape index (κ2) is 10.4. The van der Waals surface area contributed by atoms with Crippen LogP contribution in [0.4, 0.5) is 22.0 Å². The lowest BCUT2D eigenvalue weighted by atomic mass is 10.1. The Labute approximate surface area is 172 Å². The molecule has 154 valence electrons. The van der Waals surface area contributed by atoms with Gasteiger partial charge in [-0.3, -0.25) is 9.89 Å². The summed E-state index contributed by atoms with van der Waals surface area (Å²) < 4.78 is 65.2. The number of guanidine groups is 1. The van der Waals surface area contributed by atoms with Gasteiger partial charge in [-0.1, -0.05) is 0 Å². The van der Waals surface area contributed by atoms with Crippen molar-refractivity contribution in [2.75, 3.05) is 39.8 Å². The van der Waals surface area contributed by atoms with Gasteiger partial charge in [-0.25, -0.2) is 8.78 Å². The highest BCUT2D eigenvalue weighted by molar-refractivity contribution is 14.0. The largest absolute Gasteiger partial charge is 0.403 e. The summed E-state index contributed by atoms with van der Waals surface area (Å²) in [5.74, 6) is -0.431. The van der Waals surface area contributed by atoms with Gasteiger partial charge < -0.3 is 10.2 Å². The van der Waals surface area contributed by atoms with Gasteiger partial charge in [-0.15, -0.1) is 24.0 Å². The average Bonchev–Trinajstić information content (AvgIpc) is 2.60. The van der Waals surface area contributed by atoms with Crippen LogP contribution < -0.4 is 5.32 Å². The summed E-state index contributed by atoms with van der Waals surface area (Å²) in [4.78, 5) is 7.38. The monoisotopic (exact) mass is 506 g/mol. The van der Waals surface area contributed by atoms with Crippen LogP contribution in [0.25, 0.3) is 0 Å². The summed E-state index contributed by atoms with van der Waals surface area (Å²) in [7, 11) is 1.58. The maximum atomic E-state index is 13.6. The Bertz CT molecular complexity index is 630. The molecule has 1 aliphatic heterocycles. The van der Waals surface area contributed by atoms with Gasteiger partial charge in [0.05, 0.1) is 0 Å². The van der Waals surface area contributed by atoms with Crippen LogP contribution in [0, 0.1) is 11.6 Å². The molecule has 2 rings (SSSR count). The number of nitrogens with one attached hydrogen (secondary N) is 1. The van der Waals surface area contributed by atoms with E-state index in [2.05, 4.69) is 10.3 Å². The van der Waals surface area contributed by atoms with Crippen LogP contribution in [0.3, 0.4) is 0 Å². The van der Waals surface area contributed by atoms with E-state index in [1.807, 2.05) is 4.90 Å². The van der Waals surface area contributed by atoms with Crippen molar-refractivity contribution in [1.29, 1.82) is 0 Å². The van der Waals surface area contributed by atoms with Gasteiger partial charge in [0.15, 0.2) is 5.96 Å². The number of alkyl halides is 3. The number of halogens is 6. The van der Waals surface area contributed by atoms with Gasteiger partial charge in [0.2, 0.25) is 0 Å². The lowest BCUT2D eigenvalue weighted by Gasteiger charge is -2.39. The van der Waals surface area contributed by atoms with E-state index in [1.54, 1.807) is 7.05 Å². The van der Waals surface area contributed by atoms with Crippen LogP contribution in [0.15, 0.2) is 23.2 Å². The lowest BCUT2D eigenvalue weighted by Crippen LogP contribution is -2.56. The predicted octanol–water partition coefficient (Wildman–Crippen LogP) is 3.27. The number of hydrogen-bond acceptors (Lipinski definition) is 2. The predicted molar refractivity (Wildman–Crippen MR) is 106 cm³/mol. The maximum absolute atomic E-state index is 13.6. The molecule has 0 amide bonds. The first-order chi connectivity index (χ1) is 12.2. The van der Waals surface area contributed by atoms with Gasteiger partial charge in [0.25, 0.3) is 0 Å². The second-order valence-corrected chi connectivity index (χ2v) is 6.20. The number of hydrogen-bond donors (Lipinski definition) is 1. The smallest absolute Gasteiger partial charge is 0.356 e. The van der Waals surface area contributed by atoms with E-state index in [9.17, 15) is 22.0 Å². The molecule has 1 aromatic rings. The molecule has 1 heterocycles. The molecule has 0 radical (unpaired) electrons. The third kappa shape index (κ3) is 6.74. The number of benzene rings is 1. The Kier molecular flexibility index (Phi) is 9.19. The molecule has 27 heavy (non-hydrogen) atoms. The van der Waals surface area contributed by atoms with Crippen LogP contribution in [-0.4, -0.2) is 67.7 Å². The number of rotatable bonds is 4. The lowest BCUT2D eigenvalue weighted by molar-refractivity contribution is -0.181. The molecule has 0 bridgehead atoms. The molecule has 0 spiro atoms. The van der Waals surface area contributed by atoms with Crippen molar-refractivity contribution in [3.63, 3.8) is 0 Å². The quantitative estimate of drug-likeness (QED) is 0.295. The average molecular weight is 506 g/mol. The summed E-state index contributed by atoms with van der Waals surface area (Å²) in [6.45, 7) is 2.88. The Morgan fingerprint density at radius 3 is 2.37 bits per heavy atom. The molecule has 10 heteroatoms. The van der Waals surface area contributed by atoms with E-state index >= 15 is 0 Å². The third-order valence-electron chi connectivity index (χ3n) is 4.53. The van der Waals surface area contributed by atoms with Crippen molar-refractivity contribution in [2.24, 2.45) is 4.99 Å². The van der Waals surface area contributed by atoms with Gasteiger partial charge in [-0.2, -0.15) is 13.2 Å². The topological polar surface area (TPSA) is 30.9 Å². The van der Waals surface area contributed by atoms with Crippen molar-refractivity contribution in [3.05, 3.63) is 35.4 Å². The minimum absolute atomic E-state index is 0. The van der Waals surface area contributed by atoms with Crippen molar-refractivity contribution in [3.8, 4) is 0 Å². The first-order valence-corrected chi connectivity index (χ1v) is 8.42. The molecule has 1 saturated heterocycles. The summed E-state index contributed by atoms with van der Waals surface area (Å²) in [6.07, 6.45) is -3.97. The van der Waals surface area contributed by atoms with Gasteiger partial charge in [0.1, 0.15) is 17.7 Å². The Hall–Kier alpha value is -1.17. The SMILES string of the molecule is CN=C(NCCc1cc(F)ccc1F)N1CCN(C(C)C(F)(F)F)CC1.I. The summed E-state index contributed by atoms with van der Waals surface area (Å²) >= 11 is 0. The minimum Gasteiger partial charge on any atom is -0.356 e. The molecule has 0 aliphatic carbocycles. The minimum atomic E-state index is -4.24. The third-order valence-corrected chi connectivity index (χ3v) is 4.53. The molecule has 0 aromatic heterocycles. The normalized spacial score (nSPS) is 17.4. The summed E-state index contributed by atoms with van der Waals surface area (Å²) in [6, 6.07) is 1.82. The van der Waals surface area contributed by atoms with Gasteiger partial charge >= 0.3 is 6.18 Å². The molecule has 1 unspecified atom stereocenters. The molecule has 1 aliphatic rings. The van der Waals surface area contributed by atoms with Gasteiger partial charge in [0, 0.05) is 39.8 Å². The fraction of sp³-hybridized carbons (Fsp3) is 0.588. The zero-order valence-corrected chi connectivity index (χ0v) is 17.5. The molecule has 1 N–H and O–H groups in total. The molecular formula is C17H24F5IN4. The van der Waals surface area contributed by atoms with Crippen molar-refractivity contribution >= 4 is 29.9 Å². The first-order valence-electron chi connectivity index (χ1n) is 8.42. The van der Waals surface area contributed by atoms with Crippen LogP contribution in [0.5, 0.6) is 0 Å². The van der Waals surface area contributed by atoms with Crippen molar-refractivity contribution in [1.82, 2.24) is 15.1 Å². The molecular weight excluding hydrogens is 482 g/mol. The molecule has 1 aromatic carbocycles. The maximum Gasteiger partial charge on any atom is 0.403 e. The van der Waals surface area contributed by atoms with Crippen LogP contribution in [0.1, 0.15) is 12.5 Å². The van der Waals surface area contributed by atoms with E-state index in [0.29, 0.717) is 25.6 Å². The van der Waals surface area contributed by atoms with Crippen molar-refractivity contribution in [2.45, 2.75) is 25.6 Å². The molecule has 1 fully saturated rings. The van der Waals surface area contributed by atoms with Gasteiger partial charge in [-0.05, 0) is 37.1 Å². The fourth-order valence-electron chi connectivity index (χ4n) is 2.90. The highest BCUT2D eigenvalue weighted by atomic mass is 127. The van der Waals surface area contributed by atoms with E-state index in [1.165, 1.54) is 4.90 Å². The van der Waals surface area contributed by atoms with E-state index in [0.717, 1.165) is 25.1 Å². The molecule has 1 atom stereocenters. The Morgan fingerprint density at radius 1 is 1.19 bits per heavy atom. The second-order valence-electron chi connectivity index (χ2n) is 6.20. The number of nitrogens with zero attached hydrogens (tertiary/aromatic N) is 3. The highest BCUT2D eigenvalue weighted by Crippen LogP contribution is 2.25. The zero-order valence-electron chi connectivity index (χ0n) is 15.2. The van der Waals surface area contributed by atoms with E-state index < -0.39 is 23.9 Å². The van der Waals surface area contributed by atoms with Crippen molar-refractivity contribution < 1.29 is 22.0 Å². The Balaban J connectivity index is 0.00000364. The van der Waals surface area contributed by atoms with Crippen LogP contribution in [-0.2, 0) is 6.42 Å². The summed E-state index contributed by atoms with van der Waals surface area (Å²) in [5.41, 5.74) is 0.261.